The van der Waals surface area contributed by atoms with Crippen LogP contribution in [0.3, 0.4) is 0 Å². The Balaban J connectivity index is 1.74. The van der Waals surface area contributed by atoms with E-state index in [-0.39, 0.29) is 43.7 Å². The molecular weight excluding hydrogens is 585 g/mol. The number of anilines is 2. The summed E-state index contributed by atoms with van der Waals surface area (Å²) in [5.74, 6) is -3.56. The van der Waals surface area contributed by atoms with Crippen LogP contribution in [0.2, 0.25) is 10.0 Å². The first-order chi connectivity index (χ1) is 19.8. The SMILES string of the molecule is COc1cc(C#N)ccc1NC(=O)[C@@H]1N[C@@H](CC(C)(C)C)[C@@]2(C(=O)Nc3cc(Cl)c(F)cc32)C1c1cccc(Cl)c1F. The number of rotatable bonds is 5. The molecule has 5 rings (SSSR count). The molecule has 3 aromatic rings. The second-order valence-corrected chi connectivity index (χ2v) is 12.5. The number of ether oxygens (including phenoxy) is 1. The number of benzene rings is 3. The number of hydrogen-bond acceptors (Lipinski definition) is 5. The van der Waals surface area contributed by atoms with E-state index in [9.17, 15) is 14.9 Å². The second kappa shape index (κ2) is 10.8. The van der Waals surface area contributed by atoms with Crippen LogP contribution >= 0.6 is 23.2 Å². The lowest BCUT2D eigenvalue weighted by Gasteiger charge is -2.37. The van der Waals surface area contributed by atoms with E-state index in [0.29, 0.717) is 12.0 Å². The monoisotopic (exact) mass is 612 g/mol. The van der Waals surface area contributed by atoms with Gasteiger partial charge in [0.05, 0.1) is 40.5 Å². The van der Waals surface area contributed by atoms with Gasteiger partial charge in [0.15, 0.2) is 0 Å². The van der Waals surface area contributed by atoms with Gasteiger partial charge in [-0.3, -0.25) is 9.59 Å². The molecule has 2 amide bonds. The summed E-state index contributed by atoms with van der Waals surface area (Å²) >= 11 is 12.3. The molecule has 0 saturated carbocycles. The Morgan fingerprint density at radius 1 is 1.14 bits per heavy atom. The third-order valence-electron chi connectivity index (χ3n) is 7.89. The van der Waals surface area contributed by atoms with Crippen LogP contribution in [0.25, 0.3) is 0 Å². The minimum absolute atomic E-state index is 0.0247. The van der Waals surface area contributed by atoms with E-state index in [1.54, 1.807) is 6.07 Å². The Labute approximate surface area is 252 Å². The largest absolute Gasteiger partial charge is 0.495 e. The van der Waals surface area contributed by atoms with Crippen molar-refractivity contribution in [3.63, 3.8) is 0 Å². The maximum absolute atomic E-state index is 15.9. The van der Waals surface area contributed by atoms with Crippen molar-refractivity contribution >= 4 is 46.4 Å². The fourth-order valence-electron chi connectivity index (χ4n) is 6.24. The predicted octanol–water partition coefficient (Wildman–Crippen LogP) is 6.54. The second-order valence-electron chi connectivity index (χ2n) is 11.7. The summed E-state index contributed by atoms with van der Waals surface area (Å²) in [6, 6.07) is 11.5. The number of carbonyl (C=O) groups is 2. The van der Waals surface area contributed by atoms with Crippen molar-refractivity contribution in [2.24, 2.45) is 5.41 Å². The van der Waals surface area contributed by atoms with Crippen molar-refractivity contribution in [1.29, 1.82) is 5.26 Å². The van der Waals surface area contributed by atoms with E-state index in [1.165, 1.54) is 49.6 Å². The number of carbonyl (C=O) groups excluding carboxylic acids is 2. The minimum atomic E-state index is -1.61. The number of halogens is 4. The molecule has 0 aliphatic carbocycles. The van der Waals surface area contributed by atoms with Crippen molar-refractivity contribution in [2.75, 3.05) is 17.7 Å². The molecule has 1 saturated heterocycles. The minimum Gasteiger partial charge on any atom is -0.495 e. The lowest BCUT2D eigenvalue weighted by molar-refractivity contribution is -0.122. The molecule has 3 aromatic carbocycles. The van der Waals surface area contributed by atoms with Crippen LogP contribution in [0.15, 0.2) is 48.5 Å². The highest BCUT2D eigenvalue weighted by molar-refractivity contribution is 6.31. The summed E-state index contributed by atoms with van der Waals surface area (Å²) in [5, 5.41) is 17.9. The molecule has 7 nitrogen and oxygen atoms in total. The Morgan fingerprint density at radius 2 is 1.88 bits per heavy atom. The normalized spacial score (nSPS) is 22.9. The summed E-state index contributed by atoms with van der Waals surface area (Å²) in [6.07, 6.45) is 0.368. The highest BCUT2D eigenvalue weighted by atomic mass is 35.5. The smallest absolute Gasteiger partial charge is 0.242 e. The van der Waals surface area contributed by atoms with Crippen molar-refractivity contribution < 1.29 is 23.1 Å². The highest BCUT2D eigenvalue weighted by Gasteiger charge is 2.66. The zero-order valence-corrected chi connectivity index (χ0v) is 24.8. The van der Waals surface area contributed by atoms with Crippen LogP contribution in [0.4, 0.5) is 20.2 Å². The van der Waals surface area contributed by atoms with Gasteiger partial charge in [-0.2, -0.15) is 5.26 Å². The van der Waals surface area contributed by atoms with Crippen LogP contribution in [0.1, 0.15) is 49.8 Å². The molecule has 1 spiro atoms. The molecule has 11 heteroatoms. The van der Waals surface area contributed by atoms with E-state index in [1.807, 2.05) is 26.8 Å². The molecule has 3 N–H and O–H groups in total. The van der Waals surface area contributed by atoms with Crippen LogP contribution < -0.4 is 20.7 Å². The molecule has 0 radical (unpaired) electrons. The fraction of sp³-hybridized carbons (Fsp3) is 0.323. The van der Waals surface area contributed by atoms with Gasteiger partial charge in [0.2, 0.25) is 11.8 Å². The van der Waals surface area contributed by atoms with Crippen molar-refractivity contribution in [1.82, 2.24) is 5.32 Å². The summed E-state index contributed by atoms with van der Waals surface area (Å²) in [5.41, 5.74) is -0.797. The number of nitrogens with one attached hydrogen (secondary N) is 3. The van der Waals surface area contributed by atoms with E-state index < -0.39 is 46.9 Å². The van der Waals surface area contributed by atoms with E-state index in [4.69, 9.17) is 27.9 Å². The van der Waals surface area contributed by atoms with Gasteiger partial charge in [-0.1, -0.05) is 56.1 Å². The lowest BCUT2D eigenvalue weighted by Crippen LogP contribution is -2.49. The number of methoxy groups -OCH3 is 1. The Kier molecular flexibility index (Phi) is 7.69. The van der Waals surface area contributed by atoms with E-state index in [2.05, 4.69) is 16.0 Å². The first-order valence-electron chi connectivity index (χ1n) is 13.2. The first-order valence-corrected chi connectivity index (χ1v) is 14.0. The van der Waals surface area contributed by atoms with Crippen LogP contribution in [-0.2, 0) is 15.0 Å². The lowest BCUT2D eigenvalue weighted by atomic mass is 9.62. The van der Waals surface area contributed by atoms with Crippen LogP contribution in [-0.4, -0.2) is 31.0 Å². The quantitative estimate of drug-likeness (QED) is 0.303. The highest BCUT2D eigenvalue weighted by Crippen LogP contribution is 2.57. The van der Waals surface area contributed by atoms with Crippen molar-refractivity contribution in [2.45, 2.75) is 50.6 Å². The predicted molar refractivity (Wildman–Crippen MR) is 157 cm³/mol. The molecule has 2 aliphatic rings. The summed E-state index contributed by atoms with van der Waals surface area (Å²) < 4.78 is 36.3. The van der Waals surface area contributed by atoms with E-state index in [0.717, 1.165) is 0 Å². The molecular formula is C31H28Cl2F2N4O3. The fourth-order valence-corrected chi connectivity index (χ4v) is 6.58. The number of hydrogen-bond donors (Lipinski definition) is 3. The number of nitriles is 1. The maximum Gasteiger partial charge on any atom is 0.242 e. The average molecular weight is 613 g/mol. The standard InChI is InChI=1S/C31H28Cl2F2N4O3/c1-30(2,3)13-24-31(17-11-20(34)19(33)12-22(17)38-29(31)41)25(16-6-5-7-18(32)26(16)35)27(39-24)28(40)37-21-9-8-15(14-36)10-23(21)42-4/h5-12,24-25,27,39H,13H2,1-4H3,(H,37,40)(H,38,41)/t24-,25?,27+,31+/m0/s1. The van der Waals surface area contributed by atoms with Crippen LogP contribution in [0.5, 0.6) is 5.75 Å². The Hall–Kier alpha value is -3.71. The van der Waals surface area contributed by atoms with Gasteiger partial charge in [0, 0.05) is 23.7 Å². The van der Waals surface area contributed by atoms with Gasteiger partial charge < -0.3 is 20.7 Å². The zero-order valence-electron chi connectivity index (χ0n) is 23.2. The summed E-state index contributed by atoms with van der Waals surface area (Å²) in [7, 11) is 1.40. The molecule has 0 bridgehead atoms. The molecule has 218 valence electrons. The average Bonchev–Trinajstić information content (AvgIpc) is 3.40. The van der Waals surface area contributed by atoms with Gasteiger partial charge in [-0.25, -0.2) is 8.78 Å². The molecule has 2 aliphatic heterocycles. The molecule has 42 heavy (non-hydrogen) atoms. The molecule has 1 unspecified atom stereocenters. The Morgan fingerprint density at radius 3 is 2.55 bits per heavy atom. The summed E-state index contributed by atoms with van der Waals surface area (Å²) in [4.78, 5) is 28.3. The maximum atomic E-state index is 15.9. The van der Waals surface area contributed by atoms with Gasteiger partial charge in [-0.05, 0) is 53.3 Å². The molecule has 2 heterocycles. The zero-order chi connectivity index (χ0) is 30.6. The van der Waals surface area contributed by atoms with Gasteiger partial charge in [0.1, 0.15) is 22.8 Å². The van der Waals surface area contributed by atoms with Crippen molar-refractivity contribution in [3.05, 3.63) is 86.9 Å². The molecule has 1 fully saturated rings. The van der Waals surface area contributed by atoms with Crippen molar-refractivity contribution in [3.8, 4) is 11.8 Å². The number of amides is 2. The summed E-state index contributed by atoms with van der Waals surface area (Å²) in [6.45, 7) is 5.92. The number of nitrogens with zero attached hydrogens (tertiary/aromatic N) is 1. The molecule has 4 atom stereocenters. The first kappa shape index (κ1) is 29.8. The van der Waals surface area contributed by atoms with Gasteiger partial charge >= 0.3 is 0 Å². The van der Waals surface area contributed by atoms with Crippen LogP contribution in [0, 0.1) is 28.4 Å². The third kappa shape index (κ3) is 4.87. The third-order valence-corrected chi connectivity index (χ3v) is 8.47. The number of fused-ring (bicyclic) bond motifs is 2. The van der Waals surface area contributed by atoms with E-state index >= 15 is 8.78 Å². The topological polar surface area (TPSA) is 103 Å². The van der Waals surface area contributed by atoms with Gasteiger partial charge in [0.25, 0.3) is 0 Å². The Bertz CT molecular complexity index is 1650. The molecule has 0 aromatic heterocycles. The van der Waals surface area contributed by atoms with Gasteiger partial charge in [-0.15, -0.1) is 0 Å².